The van der Waals surface area contributed by atoms with E-state index in [-0.39, 0.29) is 5.82 Å². The maximum Gasteiger partial charge on any atom is 0.151 e. The highest BCUT2D eigenvalue weighted by molar-refractivity contribution is 9.10. The Balaban J connectivity index is 2.37. The maximum atomic E-state index is 12.9. The molecule has 0 heterocycles. The Kier molecular flexibility index (Phi) is 4.00. The lowest BCUT2D eigenvalue weighted by Crippen LogP contribution is -1.93. The zero-order chi connectivity index (χ0) is 13.3. The highest BCUT2D eigenvalue weighted by Gasteiger charge is 2.09. The van der Waals surface area contributed by atoms with Gasteiger partial charge in [0.05, 0.1) is 20.2 Å². The van der Waals surface area contributed by atoms with Crippen LogP contribution < -0.4 is 10.5 Å². The molecule has 0 spiro atoms. The van der Waals surface area contributed by atoms with E-state index in [9.17, 15) is 4.39 Å². The van der Waals surface area contributed by atoms with Crippen molar-refractivity contribution in [3.63, 3.8) is 0 Å². The summed E-state index contributed by atoms with van der Waals surface area (Å²) in [6.45, 7) is 0. The van der Waals surface area contributed by atoms with Crippen molar-refractivity contribution >= 4 is 44.8 Å². The van der Waals surface area contributed by atoms with Crippen LogP contribution in [-0.2, 0) is 0 Å². The Morgan fingerprint density at radius 3 is 2.39 bits per heavy atom. The largest absolute Gasteiger partial charge is 0.454 e. The molecule has 0 amide bonds. The van der Waals surface area contributed by atoms with Crippen molar-refractivity contribution in [3.05, 3.63) is 50.7 Å². The molecule has 2 aromatic carbocycles. The molecule has 0 fully saturated rings. The third-order valence-electron chi connectivity index (χ3n) is 2.17. The normalized spacial score (nSPS) is 10.4. The smallest absolute Gasteiger partial charge is 0.151 e. The highest BCUT2D eigenvalue weighted by Crippen LogP contribution is 2.37. The molecule has 2 nitrogen and oxygen atoms in total. The van der Waals surface area contributed by atoms with Crippen molar-refractivity contribution in [2.24, 2.45) is 0 Å². The van der Waals surface area contributed by atoms with E-state index >= 15 is 0 Å². The Bertz CT molecular complexity index is 607. The topological polar surface area (TPSA) is 35.2 Å². The molecule has 0 aliphatic heterocycles. The minimum atomic E-state index is -0.365. The van der Waals surface area contributed by atoms with E-state index in [0.29, 0.717) is 31.7 Å². The van der Waals surface area contributed by atoms with Crippen molar-refractivity contribution in [1.29, 1.82) is 0 Å². The SMILES string of the molecule is Nc1cc(Cl)c(Cl)cc1Oc1ccc(F)cc1Br. The van der Waals surface area contributed by atoms with E-state index in [1.165, 1.54) is 30.3 Å². The number of rotatable bonds is 2. The number of ether oxygens (including phenoxy) is 1. The summed E-state index contributed by atoms with van der Waals surface area (Å²) in [7, 11) is 0. The predicted octanol–water partition coefficient (Wildman–Crippen LogP) is 5.27. The lowest BCUT2D eigenvalue weighted by Gasteiger charge is -2.11. The fourth-order valence-electron chi connectivity index (χ4n) is 1.31. The lowest BCUT2D eigenvalue weighted by molar-refractivity contribution is 0.479. The van der Waals surface area contributed by atoms with Gasteiger partial charge in [-0.3, -0.25) is 0 Å². The van der Waals surface area contributed by atoms with Gasteiger partial charge in [0.25, 0.3) is 0 Å². The van der Waals surface area contributed by atoms with Gasteiger partial charge in [-0.25, -0.2) is 4.39 Å². The monoisotopic (exact) mass is 349 g/mol. The molecule has 0 radical (unpaired) electrons. The van der Waals surface area contributed by atoms with Crippen LogP contribution in [-0.4, -0.2) is 0 Å². The number of nitrogens with two attached hydrogens (primary N) is 1. The van der Waals surface area contributed by atoms with Gasteiger partial charge in [0.15, 0.2) is 5.75 Å². The van der Waals surface area contributed by atoms with E-state index in [1.807, 2.05) is 0 Å². The second-order valence-electron chi connectivity index (χ2n) is 3.48. The van der Waals surface area contributed by atoms with Gasteiger partial charge < -0.3 is 10.5 Å². The van der Waals surface area contributed by atoms with Crippen LogP contribution in [0.25, 0.3) is 0 Å². The van der Waals surface area contributed by atoms with Gasteiger partial charge in [-0.05, 0) is 40.2 Å². The molecule has 0 saturated heterocycles. The Labute approximate surface area is 122 Å². The van der Waals surface area contributed by atoms with Gasteiger partial charge in [-0.15, -0.1) is 0 Å². The molecule has 6 heteroatoms. The summed E-state index contributed by atoms with van der Waals surface area (Å²) in [5.74, 6) is 0.425. The van der Waals surface area contributed by atoms with Gasteiger partial charge in [-0.1, -0.05) is 23.2 Å². The predicted molar refractivity (Wildman–Crippen MR) is 75.0 cm³/mol. The molecule has 0 bridgehead atoms. The van der Waals surface area contributed by atoms with E-state index in [4.69, 9.17) is 33.7 Å². The summed E-state index contributed by atoms with van der Waals surface area (Å²) in [5, 5.41) is 0.679. The molecule has 18 heavy (non-hydrogen) atoms. The fourth-order valence-corrected chi connectivity index (χ4v) is 2.07. The molecule has 94 valence electrons. The van der Waals surface area contributed by atoms with E-state index < -0.39 is 0 Å². The molecule has 0 saturated carbocycles. The van der Waals surface area contributed by atoms with Crippen molar-refractivity contribution in [2.45, 2.75) is 0 Å². The van der Waals surface area contributed by atoms with Crippen LogP contribution >= 0.6 is 39.1 Å². The Morgan fingerprint density at radius 1 is 1.06 bits per heavy atom. The number of benzene rings is 2. The minimum Gasteiger partial charge on any atom is -0.454 e. The van der Waals surface area contributed by atoms with Crippen LogP contribution in [0.2, 0.25) is 10.0 Å². The van der Waals surface area contributed by atoms with Crippen LogP contribution in [0.1, 0.15) is 0 Å². The molecule has 0 aliphatic rings. The summed E-state index contributed by atoms with van der Waals surface area (Å²) >= 11 is 14.9. The molecule has 2 N–H and O–H groups in total. The average molecular weight is 351 g/mol. The molecular weight excluding hydrogens is 344 g/mol. The number of nitrogen functional groups attached to an aromatic ring is 1. The number of halogens is 4. The van der Waals surface area contributed by atoms with Gasteiger partial charge in [0, 0.05) is 6.07 Å². The standard InChI is InChI=1S/C12H7BrCl2FNO/c13-7-3-6(16)1-2-11(7)18-12-5-9(15)8(14)4-10(12)17/h1-5H,17H2. The van der Waals surface area contributed by atoms with E-state index in [1.54, 1.807) is 0 Å². The fraction of sp³-hybridized carbons (Fsp3) is 0. The zero-order valence-electron chi connectivity index (χ0n) is 8.88. The third kappa shape index (κ3) is 2.88. The van der Waals surface area contributed by atoms with Gasteiger partial charge >= 0.3 is 0 Å². The molecule has 0 aliphatic carbocycles. The van der Waals surface area contributed by atoms with Crippen LogP contribution in [0.4, 0.5) is 10.1 Å². The van der Waals surface area contributed by atoms with Crippen LogP contribution in [0.15, 0.2) is 34.8 Å². The van der Waals surface area contributed by atoms with Gasteiger partial charge in [-0.2, -0.15) is 0 Å². The van der Waals surface area contributed by atoms with Crippen LogP contribution in [0.3, 0.4) is 0 Å². The molecule has 0 aromatic heterocycles. The molecule has 0 atom stereocenters. The van der Waals surface area contributed by atoms with Crippen molar-refractivity contribution in [1.82, 2.24) is 0 Å². The van der Waals surface area contributed by atoms with Crippen molar-refractivity contribution in [2.75, 3.05) is 5.73 Å². The minimum absolute atomic E-state index is 0.333. The molecule has 2 rings (SSSR count). The van der Waals surface area contributed by atoms with Crippen LogP contribution in [0, 0.1) is 5.82 Å². The Morgan fingerprint density at radius 2 is 1.72 bits per heavy atom. The first kappa shape index (κ1) is 13.5. The van der Waals surface area contributed by atoms with E-state index in [0.717, 1.165) is 0 Å². The summed E-state index contributed by atoms with van der Waals surface area (Å²) in [6, 6.07) is 7.07. The summed E-state index contributed by atoms with van der Waals surface area (Å²) < 4.78 is 19.0. The third-order valence-corrected chi connectivity index (χ3v) is 3.51. The molecule has 0 unspecified atom stereocenters. The Hall–Kier alpha value is -0.970. The number of hydrogen-bond donors (Lipinski definition) is 1. The first-order valence-electron chi connectivity index (χ1n) is 4.85. The van der Waals surface area contributed by atoms with Gasteiger partial charge in [0.1, 0.15) is 11.6 Å². The second-order valence-corrected chi connectivity index (χ2v) is 5.15. The maximum absolute atomic E-state index is 12.9. The van der Waals surface area contributed by atoms with E-state index in [2.05, 4.69) is 15.9 Å². The van der Waals surface area contributed by atoms with Gasteiger partial charge in [0.2, 0.25) is 0 Å². The first-order valence-corrected chi connectivity index (χ1v) is 6.39. The first-order chi connectivity index (χ1) is 8.47. The van der Waals surface area contributed by atoms with Crippen molar-refractivity contribution < 1.29 is 9.13 Å². The lowest BCUT2D eigenvalue weighted by atomic mass is 10.3. The zero-order valence-corrected chi connectivity index (χ0v) is 12.0. The van der Waals surface area contributed by atoms with Crippen molar-refractivity contribution in [3.8, 4) is 11.5 Å². The molecular formula is C12H7BrCl2FNO. The van der Waals surface area contributed by atoms with Crippen LogP contribution in [0.5, 0.6) is 11.5 Å². The second kappa shape index (κ2) is 5.34. The molecule has 2 aromatic rings. The summed E-state index contributed by atoms with van der Waals surface area (Å²) in [4.78, 5) is 0. The summed E-state index contributed by atoms with van der Waals surface area (Å²) in [5.41, 5.74) is 6.11. The average Bonchev–Trinajstić information content (AvgIpc) is 2.29. The summed E-state index contributed by atoms with van der Waals surface area (Å²) in [6.07, 6.45) is 0. The number of anilines is 1. The highest BCUT2D eigenvalue weighted by atomic mass is 79.9. The quantitative estimate of drug-likeness (QED) is 0.749. The number of hydrogen-bond acceptors (Lipinski definition) is 2.